The van der Waals surface area contributed by atoms with E-state index < -0.39 is 24.3 Å². The molecule has 2 fully saturated rings. The Morgan fingerprint density at radius 1 is 1.11 bits per heavy atom. The van der Waals surface area contributed by atoms with Gasteiger partial charge in [0.1, 0.15) is 6.17 Å². The van der Waals surface area contributed by atoms with Crippen LogP contribution in [0.1, 0.15) is 137 Å². The first-order valence-electron chi connectivity index (χ1n) is 18.9. The van der Waals surface area contributed by atoms with Crippen LogP contribution in [0, 0.1) is 16.7 Å². The molecule has 0 aromatic rings. The number of rotatable bonds is 16. The van der Waals surface area contributed by atoms with Gasteiger partial charge in [0, 0.05) is 24.5 Å². The highest BCUT2D eigenvalue weighted by Gasteiger charge is 2.60. The van der Waals surface area contributed by atoms with E-state index in [1.54, 1.807) is 0 Å². The van der Waals surface area contributed by atoms with E-state index in [4.69, 9.17) is 16.5 Å². The number of dihydropyridines is 1. The third-order valence-corrected chi connectivity index (χ3v) is 12.0. The van der Waals surface area contributed by atoms with E-state index in [2.05, 4.69) is 61.5 Å². The first kappa shape index (κ1) is 36.9. The van der Waals surface area contributed by atoms with Crippen molar-refractivity contribution < 1.29 is 9.18 Å². The van der Waals surface area contributed by atoms with Crippen molar-refractivity contribution in [2.45, 2.75) is 168 Å². The van der Waals surface area contributed by atoms with Crippen LogP contribution in [-0.4, -0.2) is 60.7 Å². The number of nitrogens with two attached hydrogens (primary N) is 2. The fourth-order valence-electron chi connectivity index (χ4n) is 9.28. The van der Waals surface area contributed by atoms with Gasteiger partial charge < -0.3 is 27.0 Å². The van der Waals surface area contributed by atoms with Gasteiger partial charge in [-0.1, -0.05) is 72.6 Å². The Morgan fingerprint density at radius 3 is 2.48 bits per heavy atom. The number of carbonyl (C=O) groups is 1. The minimum Gasteiger partial charge on any atom is -0.383 e. The molecule has 262 valence electrons. The largest absolute Gasteiger partial charge is 0.383 e. The summed E-state index contributed by atoms with van der Waals surface area (Å²) >= 11 is 0. The van der Waals surface area contributed by atoms with E-state index in [0.717, 1.165) is 82.1 Å². The van der Waals surface area contributed by atoms with Gasteiger partial charge in [-0.05, 0) is 81.6 Å². The fraction of sp³-hybridized carbons (Fsp3) is 0.838. The van der Waals surface area contributed by atoms with Crippen LogP contribution in [0.15, 0.2) is 28.2 Å². The number of nitrogens with zero attached hydrogens (tertiary/aromatic N) is 2. The molecule has 1 aliphatic carbocycles. The molecule has 46 heavy (non-hydrogen) atoms. The molecule has 4 aliphatic rings. The summed E-state index contributed by atoms with van der Waals surface area (Å²) < 4.78 is 15.1. The lowest BCUT2D eigenvalue weighted by Crippen LogP contribution is -2.63. The van der Waals surface area contributed by atoms with Gasteiger partial charge in [0.15, 0.2) is 0 Å². The van der Waals surface area contributed by atoms with Crippen molar-refractivity contribution in [3.05, 3.63) is 23.2 Å². The molecule has 7 N–H and O–H groups in total. The molecule has 3 heterocycles. The molecular weight excluding hydrogens is 577 g/mol. The van der Waals surface area contributed by atoms with Gasteiger partial charge >= 0.3 is 0 Å². The molecule has 0 bridgehead atoms. The average molecular weight is 644 g/mol. The van der Waals surface area contributed by atoms with Crippen LogP contribution in [0.2, 0.25) is 0 Å². The second-order valence-corrected chi connectivity index (χ2v) is 14.8. The molecule has 0 aromatic heterocycles. The number of amides is 1. The van der Waals surface area contributed by atoms with Gasteiger partial charge in [-0.3, -0.25) is 15.1 Å². The molecule has 1 spiro atoms. The monoisotopic (exact) mass is 644 g/mol. The van der Waals surface area contributed by atoms with Crippen LogP contribution in [0.25, 0.3) is 0 Å². The SMILES string of the molecule is CCCCCC1=CC(N2C(CCCCC)CNC2C)=C(NC(=O)C(C(N)N)C2N=CC(F)CCC(CC)(CCC)C23CCC3)CN1. The Kier molecular flexibility index (Phi) is 13.6. The lowest BCUT2D eigenvalue weighted by atomic mass is 9.44. The van der Waals surface area contributed by atoms with Gasteiger partial charge in [0.2, 0.25) is 5.91 Å². The number of hydrogen-bond donors (Lipinski definition) is 5. The zero-order chi connectivity index (χ0) is 33.3. The second-order valence-electron chi connectivity index (χ2n) is 14.8. The molecule has 0 radical (unpaired) electrons. The Balaban J connectivity index is 1.72. The minimum atomic E-state index is -1.12. The first-order chi connectivity index (χ1) is 22.2. The normalized spacial score (nSPS) is 30.1. The van der Waals surface area contributed by atoms with Crippen LogP contribution in [0.3, 0.4) is 0 Å². The summed E-state index contributed by atoms with van der Waals surface area (Å²) in [4.78, 5) is 22.0. The third kappa shape index (κ3) is 7.84. The van der Waals surface area contributed by atoms with E-state index in [0.29, 0.717) is 19.0 Å². The molecule has 0 aromatic carbocycles. The zero-order valence-electron chi connectivity index (χ0n) is 29.7. The number of nitrogens with one attached hydrogen (secondary N) is 3. The molecule has 1 saturated carbocycles. The summed E-state index contributed by atoms with van der Waals surface area (Å²) in [5, 5.41) is 10.7. The summed E-state index contributed by atoms with van der Waals surface area (Å²) in [7, 11) is 0. The third-order valence-electron chi connectivity index (χ3n) is 12.0. The lowest BCUT2D eigenvalue weighted by Gasteiger charge is -2.61. The van der Waals surface area contributed by atoms with Crippen LogP contribution in [-0.2, 0) is 4.79 Å². The molecule has 1 amide bonds. The molecule has 8 nitrogen and oxygen atoms in total. The van der Waals surface area contributed by atoms with Gasteiger partial charge in [0.05, 0.1) is 42.2 Å². The number of unbranched alkanes of at least 4 members (excludes halogenated alkanes) is 4. The van der Waals surface area contributed by atoms with Crippen molar-refractivity contribution >= 4 is 12.1 Å². The number of aliphatic imine (C=N–C) groups is 1. The van der Waals surface area contributed by atoms with Crippen molar-refractivity contribution in [1.29, 1.82) is 0 Å². The summed E-state index contributed by atoms with van der Waals surface area (Å²) in [6, 6.07) is -0.0994. The predicted molar refractivity (Wildman–Crippen MR) is 189 cm³/mol. The zero-order valence-corrected chi connectivity index (χ0v) is 29.7. The standard InChI is InChI=1S/C37H66FN7O/c1-6-10-12-15-28-22-31(45-26(5)41-24-29(45)16-13-11-7-2)30(25-42-28)44-35(46)32(34(39)40)33-37(19-14-20-37)36(9-4,18-8-3)21-17-27(38)23-43-33/h22-23,26-27,29,32-34,41-42H,6-21,24-25,39-40H2,1-5H3,(H,44,46). The summed E-state index contributed by atoms with van der Waals surface area (Å²) in [5.41, 5.74) is 16.0. The minimum absolute atomic E-state index is 0.0878. The highest BCUT2D eigenvalue weighted by Crippen LogP contribution is 2.64. The number of halogens is 1. The molecule has 6 atom stereocenters. The molecule has 4 rings (SSSR count). The maximum atomic E-state index is 15.1. The van der Waals surface area contributed by atoms with E-state index >= 15 is 4.39 Å². The van der Waals surface area contributed by atoms with E-state index in [1.165, 1.54) is 44.0 Å². The highest BCUT2D eigenvalue weighted by atomic mass is 19.1. The van der Waals surface area contributed by atoms with Crippen LogP contribution in [0.4, 0.5) is 4.39 Å². The maximum Gasteiger partial charge on any atom is 0.232 e. The summed E-state index contributed by atoms with van der Waals surface area (Å²) in [5.74, 6) is -0.955. The van der Waals surface area contributed by atoms with Crippen molar-refractivity contribution in [2.24, 2.45) is 33.2 Å². The number of alkyl halides is 1. The topological polar surface area (TPSA) is 121 Å². The molecule has 6 unspecified atom stereocenters. The van der Waals surface area contributed by atoms with E-state index in [1.807, 2.05) is 0 Å². The maximum absolute atomic E-state index is 15.1. The summed E-state index contributed by atoms with van der Waals surface area (Å²) in [6.45, 7) is 12.6. The first-order valence-corrected chi connectivity index (χ1v) is 18.9. The molecule has 3 aliphatic heterocycles. The predicted octanol–water partition coefficient (Wildman–Crippen LogP) is 6.38. The Hall–Kier alpha value is -1.97. The van der Waals surface area contributed by atoms with Crippen molar-refractivity contribution in [2.75, 3.05) is 13.1 Å². The van der Waals surface area contributed by atoms with Crippen LogP contribution < -0.4 is 27.4 Å². The lowest BCUT2D eigenvalue weighted by molar-refractivity contribution is -0.135. The van der Waals surface area contributed by atoms with Crippen LogP contribution in [0.5, 0.6) is 0 Å². The van der Waals surface area contributed by atoms with E-state index in [-0.39, 0.29) is 22.9 Å². The van der Waals surface area contributed by atoms with Gasteiger partial charge in [-0.25, -0.2) is 4.39 Å². The smallest absolute Gasteiger partial charge is 0.232 e. The fourth-order valence-corrected chi connectivity index (χ4v) is 9.28. The highest BCUT2D eigenvalue weighted by molar-refractivity contribution is 5.83. The van der Waals surface area contributed by atoms with Crippen LogP contribution >= 0.6 is 0 Å². The van der Waals surface area contributed by atoms with Crippen molar-refractivity contribution in [3.8, 4) is 0 Å². The van der Waals surface area contributed by atoms with Crippen molar-refractivity contribution in [3.63, 3.8) is 0 Å². The second kappa shape index (κ2) is 16.9. The average Bonchev–Trinajstić information content (AvgIpc) is 3.37. The molecule has 9 heteroatoms. The Morgan fingerprint density at radius 2 is 1.85 bits per heavy atom. The van der Waals surface area contributed by atoms with Gasteiger partial charge in [0.25, 0.3) is 0 Å². The molecule has 1 saturated heterocycles. The quantitative estimate of drug-likeness (QED) is 0.0984. The Bertz CT molecular complexity index is 1090. The Labute approximate surface area is 279 Å². The number of hydrogen-bond acceptors (Lipinski definition) is 7. The van der Waals surface area contributed by atoms with Crippen molar-refractivity contribution in [1.82, 2.24) is 20.9 Å². The van der Waals surface area contributed by atoms with E-state index in [9.17, 15) is 4.79 Å². The number of carbonyl (C=O) groups excluding carboxylic acids is 1. The summed E-state index contributed by atoms with van der Waals surface area (Å²) in [6.07, 6.45) is 18.3. The van der Waals surface area contributed by atoms with Gasteiger partial charge in [-0.15, -0.1) is 0 Å². The number of allylic oxidation sites excluding steroid dienone is 2. The van der Waals surface area contributed by atoms with Gasteiger partial charge in [-0.2, -0.15) is 0 Å². The molecular formula is C37H66FN7O.